The van der Waals surface area contributed by atoms with Gasteiger partial charge in [0.1, 0.15) is 18.3 Å². The molecule has 0 spiro atoms. The van der Waals surface area contributed by atoms with Gasteiger partial charge >= 0.3 is 0 Å². The van der Waals surface area contributed by atoms with E-state index >= 15 is 0 Å². The first kappa shape index (κ1) is 34.1. The van der Waals surface area contributed by atoms with Crippen LogP contribution in [-0.2, 0) is 56.7 Å². The third-order valence-corrected chi connectivity index (χ3v) is 8.58. The molecule has 5 aromatic rings. The molecule has 1 saturated carbocycles. The molecule has 0 aromatic heterocycles. The molecule has 0 N–H and O–H groups in total. The van der Waals surface area contributed by atoms with Crippen LogP contribution in [0.25, 0.3) is 10.4 Å². The lowest BCUT2D eigenvalue weighted by Gasteiger charge is -2.49. The number of hydrogen-bond acceptors (Lipinski definition) is 6. The van der Waals surface area contributed by atoms with Crippen molar-refractivity contribution in [3.8, 4) is 0 Å². The van der Waals surface area contributed by atoms with Crippen molar-refractivity contribution in [1.82, 2.24) is 0 Å². The average Bonchev–Trinajstić information content (AvgIpc) is 3.17. The molecule has 49 heavy (non-hydrogen) atoms. The molecule has 0 heterocycles. The van der Waals surface area contributed by atoms with E-state index in [0.29, 0.717) is 19.8 Å². The van der Waals surface area contributed by atoms with Gasteiger partial charge in [0.2, 0.25) is 0 Å². The zero-order chi connectivity index (χ0) is 33.5. The monoisotopic (exact) mass is 655 g/mol. The lowest BCUT2D eigenvalue weighted by Crippen LogP contribution is -2.66. The zero-order valence-corrected chi connectivity index (χ0v) is 27.3. The topological polar surface area (TPSA) is 94.9 Å². The van der Waals surface area contributed by atoms with E-state index in [1.54, 1.807) is 0 Å². The molecule has 0 radical (unpaired) electrons. The average molecular weight is 656 g/mol. The molecule has 4 atom stereocenters. The van der Waals surface area contributed by atoms with E-state index in [1.807, 2.05) is 152 Å². The van der Waals surface area contributed by atoms with Crippen LogP contribution < -0.4 is 0 Å². The largest absolute Gasteiger partial charge is 0.370 e. The molecular weight excluding hydrogens is 614 g/mol. The van der Waals surface area contributed by atoms with Gasteiger partial charge in [-0.2, -0.15) is 0 Å². The van der Waals surface area contributed by atoms with E-state index in [0.717, 1.165) is 27.8 Å². The van der Waals surface area contributed by atoms with Crippen LogP contribution >= 0.6 is 0 Å². The molecule has 8 nitrogen and oxygen atoms in total. The third kappa shape index (κ3) is 9.65. The van der Waals surface area contributed by atoms with Crippen LogP contribution in [0.5, 0.6) is 0 Å². The van der Waals surface area contributed by atoms with E-state index in [-0.39, 0.29) is 13.2 Å². The van der Waals surface area contributed by atoms with Crippen LogP contribution in [0.3, 0.4) is 0 Å². The Labute approximate surface area is 287 Å². The van der Waals surface area contributed by atoms with Gasteiger partial charge < -0.3 is 23.7 Å². The fraction of sp³-hybridized carbons (Fsp3) is 0.268. The minimum absolute atomic E-state index is 0.278. The van der Waals surface area contributed by atoms with Gasteiger partial charge in [-0.15, -0.1) is 0 Å². The first-order valence-electron chi connectivity index (χ1n) is 16.6. The summed E-state index contributed by atoms with van der Waals surface area (Å²) in [4.78, 5) is 3.31. The van der Waals surface area contributed by atoms with E-state index in [1.165, 1.54) is 0 Å². The molecular formula is C41H41N3O5. The Morgan fingerprint density at radius 3 is 0.837 bits per heavy atom. The summed E-state index contributed by atoms with van der Waals surface area (Å²) in [5.74, 6) is 0. The van der Waals surface area contributed by atoms with Crippen LogP contribution in [0.15, 0.2) is 157 Å². The van der Waals surface area contributed by atoms with Gasteiger partial charge in [0.25, 0.3) is 0 Å². The molecule has 1 aliphatic carbocycles. The first-order valence-corrected chi connectivity index (χ1v) is 16.6. The van der Waals surface area contributed by atoms with E-state index in [4.69, 9.17) is 23.7 Å². The Morgan fingerprint density at radius 2 is 0.592 bits per heavy atom. The van der Waals surface area contributed by atoms with E-state index in [9.17, 15) is 5.53 Å². The van der Waals surface area contributed by atoms with Gasteiger partial charge in [0.05, 0.1) is 51.3 Å². The number of benzene rings is 5. The fourth-order valence-electron chi connectivity index (χ4n) is 6.12. The number of ether oxygens (including phenoxy) is 5. The van der Waals surface area contributed by atoms with E-state index < -0.39 is 36.6 Å². The normalized spacial score (nSPS) is 21.9. The maximum atomic E-state index is 9.97. The van der Waals surface area contributed by atoms with Crippen molar-refractivity contribution >= 4 is 0 Å². The predicted molar refractivity (Wildman–Crippen MR) is 188 cm³/mol. The molecule has 0 amide bonds. The van der Waals surface area contributed by atoms with Gasteiger partial charge in [-0.3, -0.25) is 0 Å². The van der Waals surface area contributed by atoms with Crippen LogP contribution in [0.1, 0.15) is 27.8 Å². The molecule has 1 fully saturated rings. The molecule has 5 aromatic carbocycles. The summed E-state index contributed by atoms with van der Waals surface area (Å²) >= 11 is 0. The van der Waals surface area contributed by atoms with Crippen molar-refractivity contribution in [2.45, 2.75) is 69.6 Å². The Balaban J connectivity index is 1.40. The third-order valence-electron chi connectivity index (χ3n) is 8.58. The Bertz CT molecular complexity index is 1610. The zero-order valence-electron chi connectivity index (χ0n) is 27.3. The summed E-state index contributed by atoms with van der Waals surface area (Å²) in [6.45, 7) is 1.46. The highest BCUT2D eigenvalue weighted by atomic mass is 16.6. The minimum atomic E-state index is -0.796. The number of hydrogen-bond donors (Lipinski definition) is 0. The van der Waals surface area contributed by atoms with Crippen molar-refractivity contribution in [2.24, 2.45) is 5.11 Å². The highest BCUT2D eigenvalue weighted by Crippen LogP contribution is 2.36. The van der Waals surface area contributed by atoms with Crippen LogP contribution in [-0.4, -0.2) is 36.6 Å². The Hall–Kier alpha value is -4.79. The van der Waals surface area contributed by atoms with Crippen LogP contribution in [0.2, 0.25) is 0 Å². The summed E-state index contributed by atoms with van der Waals surface area (Å²) < 4.78 is 33.8. The maximum absolute atomic E-state index is 9.97. The number of nitrogens with zero attached hydrogens (tertiary/aromatic N) is 3. The summed E-state index contributed by atoms with van der Waals surface area (Å²) in [5.41, 5.74) is 14.9. The van der Waals surface area contributed by atoms with Crippen LogP contribution in [0.4, 0.5) is 0 Å². The number of azide groups is 1. The lowest BCUT2D eigenvalue weighted by molar-refractivity contribution is -0.256. The van der Waals surface area contributed by atoms with Crippen molar-refractivity contribution in [1.29, 1.82) is 0 Å². The van der Waals surface area contributed by atoms with Crippen molar-refractivity contribution in [3.63, 3.8) is 0 Å². The molecule has 0 saturated heterocycles. The minimum Gasteiger partial charge on any atom is -0.370 e. The quantitative estimate of drug-likeness (QED) is 0.0603. The summed E-state index contributed by atoms with van der Waals surface area (Å²) in [5, 5.41) is 4.35. The molecule has 6 rings (SSSR count). The Kier molecular flexibility index (Phi) is 12.6. The van der Waals surface area contributed by atoms with Gasteiger partial charge in [-0.25, -0.2) is 0 Å². The summed E-state index contributed by atoms with van der Waals surface area (Å²) in [6.07, 6.45) is -3.46. The number of rotatable bonds is 16. The van der Waals surface area contributed by atoms with Crippen molar-refractivity contribution < 1.29 is 23.7 Å². The lowest BCUT2D eigenvalue weighted by atomic mass is 9.82. The smallest absolute Gasteiger partial charge is 0.115 e. The summed E-state index contributed by atoms with van der Waals surface area (Å²) in [6, 6.07) is 49.0. The highest BCUT2D eigenvalue weighted by Gasteiger charge is 2.54. The molecule has 0 aliphatic heterocycles. The van der Waals surface area contributed by atoms with Crippen molar-refractivity contribution in [2.75, 3.05) is 0 Å². The van der Waals surface area contributed by atoms with Gasteiger partial charge in [-0.05, 0) is 33.3 Å². The molecule has 0 bridgehead atoms. The van der Waals surface area contributed by atoms with Gasteiger partial charge in [0.15, 0.2) is 0 Å². The SMILES string of the molecule is [N-]=[N+]=NC1C(OCc2ccccc2)C(OCc2ccccc2)C(OCc2ccccc2)C(OCc2ccccc2)C1OCc1ccccc1. The van der Waals surface area contributed by atoms with Gasteiger partial charge in [0, 0.05) is 4.91 Å². The maximum Gasteiger partial charge on any atom is 0.115 e. The van der Waals surface area contributed by atoms with Crippen LogP contribution in [0, 0.1) is 0 Å². The first-order chi connectivity index (χ1) is 24.3. The van der Waals surface area contributed by atoms with E-state index in [2.05, 4.69) is 10.0 Å². The second-order valence-corrected chi connectivity index (χ2v) is 12.0. The molecule has 8 heteroatoms. The standard InChI is InChI=1S/C41H41N3O5/c42-44-43-36-37(45-26-31-16-6-1-7-17-31)39(47-28-33-20-10-3-11-21-33)41(49-30-35-24-14-5-15-25-35)40(48-29-34-22-12-4-13-23-34)38(36)46-27-32-18-8-2-9-19-32/h1-25,36-41H,26-30H2. The predicted octanol–water partition coefficient (Wildman–Crippen LogP) is 8.61. The second kappa shape index (κ2) is 18.1. The molecule has 1 aliphatic rings. The fourth-order valence-corrected chi connectivity index (χ4v) is 6.12. The Morgan fingerprint density at radius 1 is 0.367 bits per heavy atom. The second-order valence-electron chi connectivity index (χ2n) is 12.0. The molecule has 250 valence electrons. The van der Waals surface area contributed by atoms with Gasteiger partial charge in [-0.1, -0.05) is 157 Å². The van der Waals surface area contributed by atoms with Crippen molar-refractivity contribution in [3.05, 3.63) is 190 Å². The summed E-state index contributed by atoms with van der Waals surface area (Å²) in [7, 11) is 0. The highest BCUT2D eigenvalue weighted by molar-refractivity contribution is 5.19. The molecule has 4 unspecified atom stereocenters.